The molecule has 15 nitrogen and oxygen atoms in total. The Bertz CT molecular complexity index is 1520. The number of pyridine rings is 1. The number of amides is 1. The van der Waals surface area contributed by atoms with E-state index in [1.54, 1.807) is 19.2 Å². The molecule has 0 unspecified atom stereocenters. The highest BCUT2D eigenvalue weighted by Gasteiger charge is 2.47. The summed E-state index contributed by atoms with van der Waals surface area (Å²) in [5.74, 6) is -4.47. The van der Waals surface area contributed by atoms with Gasteiger partial charge in [0, 0.05) is 37.4 Å². The summed E-state index contributed by atoms with van der Waals surface area (Å²) in [4.78, 5) is 76.0. The third-order valence-corrected chi connectivity index (χ3v) is 9.55. The van der Waals surface area contributed by atoms with Gasteiger partial charge in [-0.15, -0.1) is 0 Å². The fourth-order valence-corrected chi connectivity index (χ4v) is 6.82. The van der Waals surface area contributed by atoms with Crippen molar-refractivity contribution in [3.8, 4) is 0 Å². The van der Waals surface area contributed by atoms with E-state index in [1.165, 1.54) is 4.90 Å². The predicted molar refractivity (Wildman–Crippen MR) is 136 cm³/mol. The van der Waals surface area contributed by atoms with Gasteiger partial charge in [0.1, 0.15) is 11.3 Å². The van der Waals surface area contributed by atoms with E-state index in [0.717, 1.165) is 10.8 Å². The van der Waals surface area contributed by atoms with E-state index >= 15 is 8.78 Å². The predicted octanol–water partition coefficient (Wildman–Crippen LogP) is 1.69. The molecule has 2 heterocycles. The van der Waals surface area contributed by atoms with E-state index < -0.39 is 83.8 Å². The van der Waals surface area contributed by atoms with Crippen molar-refractivity contribution >= 4 is 49.5 Å². The molecule has 2 aromatic rings. The van der Waals surface area contributed by atoms with Crippen LogP contribution in [0.15, 0.2) is 11.0 Å². The van der Waals surface area contributed by atoms with Crippen LogP contribution in [0.4, 0.5) is 25.0 Å². The van der Waals surface area contributed by atoms with Gasteiger partial charge in [0.25, 0.3) is 0 Å². The smallest absolute Gasteiger partial charge is 0.413 e. The third-order valence-electron chi connectivity index (χ3n) is 6.39. The summed E-state index contributed by atoms with van der Waals surface area (Å²) in [6, 6.07) is -0.970. The van der Waals surface area contributed by atoms with Crippen LogP contribution in [0.5, 0.6) is 0 Å². The Balaban J connectivity index is 1.98. The lowest BCUT2D eigenvalue weighted by Crippen LogP contribution is -2.54. The molecule has 1 aliphatic heterocycles. The number of hydrogen-bond donors (Lipinski definition) is 7. The van der Waals surface area contributed by atoms with Crippen LogP contribution < -0.4 is 21.0 Å². The SMILES string of the molecule is C[C@@H]1CN(c2c(F)c(NC(=O)OC(P(=O)(O)O)P(=O)(O)O)c3c(=O)c(C(=O)O)cn(C4CC4)c3c2F)C[C@H](C)N1. The number of hydrogen-bond acceptors (Lipinski definition) is 8. The molecule has 19 heteroatoms. The number of nitrogens with zero attached hydrogens (tertiary/aromatic N) is 2. The zero-order chi connectivity index (χ0) is 29.9. The first-order chi connectivity index (χ1) is 18.4. The Morgan fingerprint density at radius 1 is 1.07 bits per heavy atom. The summed E-state index contributed by atoms with van der Waals surface area (Å²) in [7, 11) is -11.5. The Kier molecular flexibility index (Phi) is 7.88. The maximum atomic E-state index is 16.2. The maximum absolute atomic E-state index is 16.2. The molecule has 1 saturated carbocycles. The van der Waals surface area contributed by atoms with E-state index in [4.69, 9.17) is 0 Å². The normalized spacial score (nSPS) is 20.2. The number of nitrogens with one attached hydrogen (secondary N) is 2. The standard InChI is InChI=1S/C21H26F2N4O11P2/c1-8-5-26(6-9(2)24-8)17-13(22)15(25-20(31)38-21(39(32,33)34)40(35,36)37)12-16(14(17)23)27(10-3-4-10)7-11(18(12)28)19(29)30/h7-10,21,24H,3-6H2,1-2H3,(H,25,31)(H,29,30)(H2,32,33,34)(H2,35,36,37)/t8-,9+. The number of anilines is 2. The molecule has 1 amide bonds. The molecular weight excluding hydrogens is 584 g/mol. The third kappa shape index (κ3) is 5.77. The molecule has 1 aromatic carbocycles. The first-order valence-corrected chi connectivity index (χ1v) is 15.2. The second-order valence-corrected chi connectivity index (χ2v) is 13.5. The van der Waals surface area contributed by atoms with Gasteiger partial charge in [-0.1, -0.05) is 0 Å². The molecule has 0 spiro atoms. The second kappa shape index (κ2) is 10.5. The Morgan fingerprint density at radius 3 is 2.10 bits per heavy atom. The first-order valence-electron chi connectivity index (χ1n) is 11.8. The van der Waals surface area contributed by atoms with Gasteiger partial charge >= 0.3 is 32.8 Å². The number of fused-ring (bicyclic) bond motifs is 1. The van der Waals surface area contributed by atoms with Crippen molar-refractivity contribution in [1.29, 1.82) is 0 Å². The van der Waals surface area contributed by atoms with E-state index in [0.29, 0.717) is 12.8 Å². The fraction of sp³-hybridized carbons (Fsp3) is 0.476. The molecule has 0 radical (unpaired) electrons. The van der Waals surface area contributed by atoms with Crippen LogP contribution in [0.25, 0.3) is 10.9 Å². The van der Waals surface area contributed by atoms with Gasteiger partial charge in [0.15, 0.2) is 11.6 Å². The molecule has 1 saturated heterocycles. The number of carbonyl (C=O) groups is 2. The number of carboxylic acids is 1. The molecule has 1 aromatic heterocycles. The monoisotopic (exact) mass is 610 g/mol. The van der Waals surface area contributed by atoms with Crippen LogP contribution >= 0.6 is 15.2 Å². The fourth-order valence-electron chi connectivity index (χ4n) is 4.78. The molecule has 40 heavy (non-hydrogen) atoms. The Morgan fingerprint density at radius 2 is 1.62 bits per heavy atom. The minimum absolute atomic E-state index is 0.0763. The minimum Gasteiger partial charge on any atom is -0.477 e. The number of carboxylic acid groups (broad SMARTS) is 1. The average Bonchev–Trinajstić information content (AvgIpc) is 3.63. The van der Waals surface area contributed by atoms with Gasteiger partial charge in [0.2, 0.25) is 5.43 Å². The quantitative estimate of drug-likeness (QED) is 0.222. The highest BCUT2D eigenvalue weighted by atomic mass is 31.2. The number of piperazine rings is 1. The zero-order valence-electron chi connectivity index (χ0n) is 20.9. The van der Waals surface area contributed by atoms with Crippen molar-refractivity contribution in [2.24, 2.45) is 0 Å². The van der Waals surface area contributed by atoms with Gasteiger partial charge in [-0.3, -0.25) is 19.2 Å². The molecule has 7 N–H and O–H groups in total. The number of aromatic carboxylic acids is 1. The van der Waals surface area contributed by atoms with Crippen LogP contribution in [-0.2, 0) is 13.9 Å². The summed E-state index contributed by atoms with van der Waals surface area (Å²) in [6.45, 7) is 3.65. The molecule has 4 rings (SSSR count). The number of halogens is 2. The number of benzene rings is 1. The molecule has 0 bridgehead atoms. The second-order valence-electron chi connectivity index (χ2n) is 9.80. The van der Waals surface area contributed by atoms with Gasteiger partial charge in [-0.2, -0.15) is 0 Å². The first kappa shape index (κ1) is 30.1. The molecule has 2 fully saturated rings. The lowest BCUT2D eigenvalue weighted by atomic mass is 10.0. The summed E-state index contributed by atoms with van der Waals surface area (Å²) < 4.78 is 60.9. The highest BCUT2D eigenvalue weighted by molar-refractivity contribution is 7.70. The van der Waals surface area contributed by atoms with Crippen LogP contribution in [0.2, 0.25) is 0 Å². The van der Waals surface area contributed by atoms with Crippen molar-refractivity contribution in [3.05, 3.63) is 33.6 Å². The van der Waals surface area contributed by atoms with Crippen molar-refractivity contribution < 1.29 is 56.9 Å². The lowest BCUT2D eigenvalue weighted by molar-refractivity contribution is 0.0694. The molecule has 2 atom stereocenters. The van der Waals surface area contributed by atoms with Crippen LogP contribution in [0.1, 0.15) is 43.1 Å². The number of aromatic nitrogens is 1. The topological polar surface area (TPSA) is 228 Å². The zero-order valence-corrected chi connectivity index (χ0v) is 22.7. The van der Waals surface area contributed by atoms with Crippen LogP contribution in [0, 0.1) is 11.6 Å². The van der Waals surface area contributed by atoms with E-state index in [1.807, 2.05) is 0 Å². The van der Waals surface area contributed by atoms with Crippen molar-refractivity contribution in [3.63, 3.8) is 0 Å². The van der Waals surface area contributed by atoms with E-state index in [-0.39, 0.29) is 25.2 Å². The highest BCUT2D eigenvalue weighted by Crippen LogP contribution is 2.60. The summed E-state index contributed by atoms with van der Waals surface area (Å²) in [5.41, 5.74) is -7.85. The maximum Gasteiger partial charge on any atom is 0.413 e. The summed E-state index contributed by atoms with van der Waals surface area (Å²) in [6.07, 6.45) is -0.142. The van der Waals surface area contributed by atoms with Gasteiger partial charge in [0.05, 0.1) is 16.6 Å². The number of ether oxygens (including phenoxy) is 1. The number of rotatable bonds is 7. The van der Waals surface area contributed by atoms with E-state index in [2.05, 4.69) is 10.1 Å². The van der Waals surface area contributed by atoms with Crippen molar-refractivity contribution in [1.82, 2.24) is 9.88 Å². The van der Waals surface area contributed by atoms with Gasteiger partial charge in [-0.25, -0.2) is 18.4 Å². The molecular formula is C21H26F2N4O11P2. The molecule has 220 valence electrons. The summed E-state index contributed by atoms with van der Waals surface area (Å²) in [5, 5.41) is 13.6. The van der Waals surface area contributed by atoms with E-state index in [9.17, 15) is 48.2 Å². The van der Waals surface area contributed by atoms with Crippen LogP contribution in [-0.4, -0.2) is 72.1 Å². The lowest BCUT2D eigenvalue weighted by Gasteiger charge is -2.38. The van der Waals surface area contributed by atoms with Gasteiger partial charge in [-0.05, 0) is 26.7 Å². The average molecular weight is 610 g/mol. The van der Waals surface area contributed by atoms with Crippen molar-refractivity contribution in [2.45, 2.75) is 50.4 Å². The van der Waals surface area contributed by atoms with Crippen molar-refractivity contribution in [2.75, 3.05) is 23.3 Å². The minimum atomic E-state index is -5.77. The Hall–Kier alpha value is -2.91. The molecule has 2 aliphatic rings. The largest absolute Gasteiger partial charge is 0.477 e. The van der Waals surface area contributed by atoms with Crippen LogP contribution in [0.3, 0.4) is 0 Å². The summed E-state index contributed by atoms with van der Waals surface area (Å²) >= 11 is 0. The Labute approximate surface area is 224 Å². The van der Waals surface area contributed by atoms with Gasteiger partial charge < -0.3 is 44.2 Å². The number of carbonyl (C=O) groups excluding carboxylic acids is 1. The molecule has 1 aliphatic carbocycles.